The summed E-state index contributed by atoms with van der Waals surface area (Å²) in [6, 6.07) is 3.79. The zero-order valence-electron chi connectivity index (χ0n) is 14.8. The van der Waals surface area contributed by atoms with Crippen LogP contribution in [0, 0.1) is 5.41 Å². The summed E-state index contributed by atoms with van der Waals surface area (Å²) in [7, 11) is 0. The van der Waals surface area contributed by atoms with Crippen LogP contribution in [0.2, 0.25) is 4.34 Å². The molecule has 3 aliphatic heterocycles. The van der Waals surface area contributed by atoms with E-state index in [-0.39, 0.29) is 11.8 Å². The summed E-state index contributed by atoms with van der Waals surface area (Å²) >= 11 is 7.46. The number of halogens is 1. The van der Waals surface area contributed by atoms with Gasteiger partial charge in [-0.2, -0.15) is 0 Å². The van der Waals surface area contributed by atoms with Crippen LogP contribution in [0.3, 0.4) is 0 Å². The van der Waals surface area contributed by atoms with Crippen molar-refractivity contribution in [2.45, 2.75) is 50.4 Å². The van der Waals surface area contributed by atoms with E-state index in [2.05, 4.69) is 16.0 Å². The molecular formula is C18H24ClN3O3S. The van der Waals surface area contributed by atoms with E-state index in [4.69, 9.17) is 16.3 Å². The Balaban J connectivity index is 1.50. The summed E-state index contributed by atoms with van der Waals surface area (Å²) in [6.07, 6.45) is 3.01. The standard InChI is InChI=1S/C18H24ClN3O3S/c1-12(23)22-11-16-9-17(10-16,18(25-16)4-6-20-7-5-18)15(24)21-8-13-2-3-14(19)26-13/h2-3,20H,4-11H2,1H3,(H,21,24)(H,22,23). The van der Waals surface area contributed by atoms with Crippen molar-refractivity contribution in [1.82, 2.24) is 16.0 Å². The molecule has 6 nitrogen and oxygen atoms in total. The summed E-state index contributed by atoms with van der Waals surface area (Å²) < 4.78 is 7.27. The minimum Gasteiger partial charge on any atom is -0.365 e. The summed E-state index contributed by atoms with van der Waals surface area (Å²) in [5.41, 5.74) is -1.31. The molecule has 3 saturated heterocycles. The molecule has 3 N–H and O–H groups in total. The van der Waals surface area contributed by atoms with Crippen LogP contribution in [0.4, 0.5) is 0 Å². The quantitative estimate of drug-likeness (QED) is 0.708. The first kappa shape index (κ1) is 18.2. The molecule has 8 heteroatoms. The number of thiophene rings is 1. The van der Waals surface area contributed by atoms with Gasteiger partial charge in [-0.1, -0.05) is 11.6 Å². The van der Waals surface area contributed by atoms with Gasteiger partial charge < -0.3 is 20.7 Å². The molecule has 4 aliphatic rings. The first-order valence-corrected chi connectivity index (χ1v) is 10.3. The van der Waals surface area contributed by atoms with E-state index in [1.807, 2.05) is 12.1 Å². The summed E-state index contributed by atoms with van der Waals surface area (Å²) in [6.45, 7) is 4.19. The predicted molar refractivity (Wildman–Crippen MR) is 100 cm³/mol. The van der Waals surface area contributed by atoms with Gasteiger partial charge in [0.05, 0.1) is 27.5 Å². The lowest BCUT2D eigenvalue weighted by Crippen LogP contribution is -2.61. The van der Waals surface area contributed by atoms with Crippen LogP contribution in [-0.4, -0.2) is 42.7 Å². The first-order chi connectivity index (χ1) is 12.4. The third-order valence-electron chi connectivity index (χ3n) is 6.09. The molecule has 1 aromatic rings. The number of hydrogen-bond acceptors (Lipinski definition) is 5. The Labute approximate surface area is 162 Å². The number of nitrogens with one attached hydrogen (secondary N) is 3. The highest BCUT2D eigenvalue weighted by atomic mass is 35.5. The Morgan fingerprint density at radius 3 is 2.62 bits per heavy atom. The van der Waals surface area contributed by atoms with E-state index >= 15 is 0 Å². The number of hydrogen-bond donors (Lipinski definition) is 3. The van der Waals surface area contributed by atoms with Gasteiger partial charge in [0.25, 0.3) is 0 Å². The maximum Gasteiger partial charge on any atom is 0.229 e. The minimum absolute atomic E-state index is 0.0641. The van der Waals surface area contributed by atoms with Crippen LogP contribution < -0.4 is 16.0 Å². The molecule has 1 aromatic heterocycles. The SMILES string of the molecule is CC(=O)NCC12CC(C(=O)NCc3ccc(Cl)s3)(C1)C1(CCNCC1)O2. The van der Waals surface area contributed by atoms with Gasteiger partial charge in [-0.3, -0.25) is 9.59 Å². The molecule has 0 unspecified atom stereocenters. The van der Waals surface area contributed by atoms with Crippen LogP contribution in [0.1, 0.15) is 37.5 Å². The molecule has 2 bridgehead atoms. The lowest BCUT2D eigenvalue weighted by molar-refractivity contribution is -0.141. The normalized spacial score (nSPS) is 31.5. The van der Waals surface area contributed by atoms with E-state index in [0.717, 1.165) is 35.1 Å². The summed E-state index contributed by atoms with van der Waals surface area (Å²) in [5, 5.41) is 9.35. The molecule has 5 rings (SSSR count). The highest BCUT2D eigenvalue weighted by molar-refractivity contribution is 7.16. The minimum atomic E-state index is -0.491. The van der Waals surface area contributed by atoms with Gasteiger partial charge >= 0.3 is 0 Å². The van der Waals surface area contributed by atoms with E-state index in [1.165, 1.54) is 18.3 Å². The van der Waals surface area contributed by atoms with E-state index in [9.17, 15) is 9.59 Å². The largest absolute Gasteiger partial charge is 0.365 e. The third kappa shape index (κ3) is 2.85. The van der Waals surface area contributed by atoms with Crippen molar-refractivity contribution in [1.29, 1.82) is 0 Å². The monoisotopic (exact) mass is 397 g/mol. The molecular weight excluding hydrogens is 374 g/mol. The molecule has 0 aromatic carbocycles. The van der Waals surface area contributed by atoms with Gasteiger partial charge in [-0.15, -0.1) is 11.3 Å². The number of piperidine rings is 1. The Hall–Kier alpha value is -1.15. The number of ether oxygens (including phenoxy) is 1. The Bertz CT molecular complexity index is 723. The second-order valence-electron chi connectivity index (χ2n) is 7.76. The topological polar surface area (TPSA) is 79.5 Å². The molecule has 2 amide bonds. The van der Waals surface area contributed by atoms with Crippen LogP contribution >= 0.6 is 22.9 Å². The van der Waals surface area contributed by atoms with Gasteiger partial charge in [0.1, 0.15) is 0 Å². The van der Waals surface area contributed by atoms with Crippen LogP contribution in [0.15, 0.2) is 12.1 Å². The number of carbonyl (C=O) groups is 2. The predicted octanol–water partition coefficient (Wildman–Crippen LogP) is 1.83. The molecule has 1 saturated carbocycles. The second-order valence-corrected chi connectivity index (χ2v) is 9.56. The van der Waals surface area contributed by atoms with E-state index in [1.54, 1.807) is 0 Å². The maximum absolute atomic E-state index is 13.2. The van der Waals surface area contributed by atoms with Crippen molar-refractivity contribution in [3.05, 3.63) is 21.3 Å². The summed E-state index contributed by atoms with van der Waals surface area (Å²) in [4.78, 5) is 25.6. The van der Waals surface area contributed by atoms with Gasteiger partial charge in [-0.25, -0.2) is 0 Å². The van der Waals surface area contributed by atoms with Gasteiger partial charge in [0, 0.05) is 18.3 Å². The third-order valence-corrected chi connectivity index (χ3v) is 7.32. The Morgan fingerprint density at radius 2 is 2.00 bits per heavy atom. The molecule has 142 valence electrons. The number of rotatable bonds is 5. The molecule has 1 spiro atoms. The second kappa shape index (κ2) is 6.48. The van der Waals surface area contributed by atoms with Crippen LogP contribution in [0.5, 0.6) is 0 Å². The van der Waals surface area contributed by atoms with Crippen LogP contribution in [0.25, 0.3) is 0 Å². The first-order valence-electron chi connectivity index (χ1n) is 9.07. The molecule has 0 radical (unpaired) electrons. The van der Waals surface area contributed by atoms with Crippen LogP contribution in [-0.2, 0) is 20.9 Å². The number of carbonyl (C=O) groups excluding carboxylic acids is 2. The molecule has 1 aliphatic carbocycles. The van der Waals surface area contributed by atoms with Crippen molar-refractivity contribution >= 4 is 34.8 Å². The van der Waals surface area contributed by atoms with Crippen molar-refractivity contribution in [3.8, 4) is 0 Å². The van der Waals surface area contributed by atoms with Gasteiger partial charge in [-0.05, 0) is 50.9 Å². The number of amides is 2. The zero-order chi connectivity index (χ0) is 18.4. The Kier molecular flexibility index (Phi) is 4.54. The van der Waals surface area contributed by atoms with Gasteiger partial charge in [0.2, 0.25) is 11.8 Å². The lowest BCUT2D eigenvalue weighted by Gasteiger charge is -2.48. The lowest BCUT2D eigenvalue weighted by atomic mass is 9.53. The van der Waals surface area contributed by atoms with Gasteiger partial charge in [0.15, 0.2) is 0 Å². The summed E-state index contributed by atoms with van der Waals surface area (Å²) in [5.74, 6) is 0.00522. The van der Waals surface area contributed by atoms with Crippen molar-refractivity contribution < 1.29 is 14.3 Å². The molecule has 26 heavy (non-hydrogen) atoms. The zero-order valence-corrected chi connectivity index (χ0v) is 16.4. The smallest absolute Gasteiger partial charge is 0.229 e. The fourth-order valence-electron chi connectivity index (χ4n) is 4.96. The maximum atomic E-state index is 13.2. The molecule has 0 atom stereocenters. The van der Waals surface area contributed by atoms with Crippen molar-refractivity contribution in [2.24, 2.45) is 5.41 Å². The van der Waals surface area contributed by atoms with Crippen molar-refractivity contribution in [2.75, 3.05) is 19.6 Å². The van der Waals surface area contributed by atoms with E-state index in [0.29, 0.717) is 25.9 Å². The van der Waals surface area contributed by atoms with E-state index < -0.39 is 16.6 Å². The highest BCUT2D eigenvalue weighted by Crippen LogP contribution is 2.68. The average molecular weight is 398 g/mol. The fraction of sp³-hybridized carbons (Fsp3) is 0.667. The van der Waals surface area contributed by atoms with Crippen molar-refractivity contribution in [3.63, 3.8) is 0 Å². The molecule has 4 heterocycles. The fourth-order valence-corrected chi connectivity index (χ4v) is 5.99. The average Bonchev–Trinajstić information content (AvgIpc) is 3.19. The molecule has 4 fully saturated rings. The Morgan fingerprint density at radius 1 is 1.27 bits per heavy atom. The highest BCUT2D eigenvalue weighted by Gasteiger charge is 2.77.